The minimum Gasteiger partial charge on any atom is -0.293 e. The average molecular weight is 440 g/mol. The molecule has 1 aromatic heterocycles. The number of carbonyl (C=O) groups is 1. The molecule has 2 atom stereocenters. The minimum atomic E-state index is -0.709. The van der Waals surface area contributed by atoms with Crippen LogP contribution in [0.4, 0.5) is 5.82 Å². The third-order valence-electron chi connectivity index (χ3n) is 5.88. The van der Waals surface area contributed by atoms with Gasteiger partial charge in [0.05, 0.1) is 17.2 Å². The lowest BCUT2D eigenvalue weighted by Crippen LogP contribution is -2.43. The topological polar surface area (TPSA) is 73.4 Å². The molecule has 3 aromatic rings. The summed E-state index contributed by atoms with van der Waals surface area (Å²) in [7, 11) is 2.98. The molecule has 0 radical (unpaired) electrons. The Morgan fingerprint density at radius 1 is 0.900 bits per heavy atom. The van der Waals surface area contributed by atoms with E-state index >= 15 is 0 Å². The summed E-state index contributed by atoms with van der Waals surface area (Å²) in [5.41, 5.74) is 1.70. The quantitative estimate of drug-likeness (QED) is 0.582. The highest BCUT2D eigenvalue weighted by Gasteiger charge is 2.48. The first kappa shape index (κ1) is 19.0. The van der Waals surface area contributed by atoms with E-state index in [-0.39, 0.29) is 17.2 Å². The fourth-order valence-corrected chi connectivity index (χ4v) is 4.98. The summed E-state index contributed by atoms with van der Waals surface area (Å²) in [5, 5.41) is 0.794. The lowest BCUT2D eigenvalue weighted by molar-refractivity contribution is 0.0953. The third kappa shape index (κ3) is 2.44. The summed E-state index contributed by atoms with van der Waals surface area (Å²) in [6, 6.07) is 12.2. The second-order valence-electron chi connectivity index (χ2n) is 7.47. The standard InChI is InChI=1S/C22H15Cl2N3O3/c1-26-20-17(21(29)27(2)22(26)30)15(13-8-7-10(23)9-14(13)24)16-18(25-20)11-5-3-4-6-12(11)19(16)28/h3-9,15-16H,1-2H3/t15-,16-/m1/s1. The van der Waals surface area contributed by atoms with Crippen molar-refractivity contribution in [2.45, 2.75) is 5.92 Å². The van der Waals surface area contributed by atoms with E-state index in [0.29, 0.717) is 32.4 Å². The number of aliphatic imine (C=N–C) groups is 1. The first-order valence-electron chi connectivity index (χ1n) is 9.28. The van der Waals surface area contributed by atoms with Crippen LogP contribution in [-0.2, 0) is 14.1 Å². The summed E-state index contributed by atoms with van der Waals surface area (Å²) in [5.74, 6) is -1.28. The van der Waals surface area contributed by atoms with Gasteiger partial charge in [0.2, 0.25) is 0 Å². The van der Waals surface area contributed by atoms with Crippen molar-refractivity contribution in [3.8, 4) is 0 Å². The maximum atomic E-state index is 13.4. The number of halogens is 2. The number of ketones is 1. The molecule has 2 aromatic carbocycles. The lowest BCUT2D eigenvalue weighted by atomic mass is 9.76. The van der Waals surface area contributed by atoms with Gasteiger partial charge in [-0.05, 0) is 17.7 Å². The predicted molar refractivity (Wildman–Crippen MR) is 116 cm³/mol. The molecule has 5 rings (SSSR count). The van der Waals surface area contributed by atoms with Crippen LogP contribution in [-0.4, -0.2) is 20.6 Å². The highest BCUT2D eigenvalue weighted by Crippen LogP contribution is 2.48. The van der Waals surface area contributed by atoms with Crippen molar-refractivity contribution in [1.29, 1.82) is 0 Å². The SMILES string of the molecule is Cn1c2c(c(=O)n(C)c1=O)[C@H](c1ccc(Cl)cc1Cl)[C@H]1C(=O)c3ccccc3C1=N2. The molecule has 0 bridgehead atoms. The Hall–Kier alpha value is -2.96. The van der Waals surface area contributed by atoms with E-state index in [4.69, 9.17) is 23.2 Å². The van der Waals surface area contributed by atoms with Gasteiger partial charge in [0.25, 0.3) is 5.56 Å². The number of hydrogen-bond acceptors (Lipinski definition) is 4. The molecule has 2 heterocycles. The Morgan fingerprint density at radius 3 is 2.30 bits per heavy atom. The molecule has 0 amide bonds. The van der Waals surface area contributed by atoms with Gasteiger partial charge >= 0.3 is 5.69 Å². The van der Waals surface area contributed by atoms with Crippen molar-refractivity contribution in [2.75, 3.05) is 0 Å². The first-order chi connectivity index (χ1) is 14.3. The van der Waals surface area contributed by atoms with Gasteiger partial charge < -0.3 is 0 Å². The van der Waals surface area contributed by atoms with E-state index in [2.05, 4.69) is 4.99 Å². The van der Waals surface area contributed by atoms with Gasteiger partial charge in [-0.25, -0.2) is 9.79 Å². The van der Waals surface area contributed by atoms with Crippen molar-refractivity contribution in [2.24, 2.45) is 25.0 Å². The largest absolute Gasteiger partial charge is 0.332 e. The first-order valence-corrected chi connectivity index (χ1v) is 10.0. The number of rotatable bonds is 1. The molecule has 0 spiro atoms. The summed E-state index contributed by atoms with van der Waals surface area (Å²) in [6.45, 7) is 0. The zero-order valence-corrected chi connectivity index (χ0v) is 17.5. The van der Waals surface area contributed by atoms with E-state index < -0.39 is 23.1 Å². The Kier molecular flexibility index (Phi) is 4.14. The number of aromatic nitrogens is 2. The maximum absolute atomic E-state index is 13.4. The average Bonchev–Trinajstić information content (AvgIpc) is 3.02. The number of carbonyl (C=O) groups excluding carboxylic acids is 1. The molecule has 30 heavy (non-hydrogen) atoms. The summed E-state index contributed by atoms with van der Waals surface area (Å²) in [4.78, 5) is 43.9. The van der Waals surface area contributed by atoms with Crippen LogP contribution in [0.2, 0.25) is 10.0 Å². The number of Topliss-reactive ketones (excluding diaryl/α,β-unsaturated/α-hetero) is 1. The molecular formula is C22H15Cl2N3O3. The number of benzene rings is 2. The van der Waals surface area contributed by atoms with Gasteiger partial charge in [0, 0.05) is 41.2 Å². The molecule has 150 valence electrons. The molecule has 8 heteroatoms. The van der Waals surface area contributed by atoms with Crippen LogP contribution >= 0.6 is 23.2 Å². The summed E-state index contributed by atoms with van der Waals surface area (Å²) < 4.78 is 2.37. The highest BCUT2D eigenvalue weighted by molar-refractivity contribution is 6.35. The molecule has 0 saturated carbocycles. The number of fused-ring (bicyclic) bond motifs is 4. The van der Waals surface area contributed by atoms with Crippen LogP contribution in [0, 0.1) is 5.92 Å². The normalized spacial score (nSPS) is 19.2. The fraction of sp³-hybridized carbons (Fsp3) is 0.182. The van der Waals surface area contributed by atoms with Crippen LogP contribution in [0.3, 0.4) is 0 Å². The van der Waals surface area contributed by atoms with E-state index in [1.165, 1.54) is 11.6 Å². The Morgan fingerprint density at radius 2 is 1.60 bits per heavy atom. The lowest BCUT2D eigenvalue weighted by Gasteiger charge is -2.30. The van der Waals surface area contributed by atoms with Gasteiger partial charge in [-0.2, -0.15) is 0 Å². The summed E-state index contributed by atoms with van der Waals surface area (Å²) in [6.07, 6.45) is 0. The predicted octanol–water partition coefficient (Wildman–Crippen LogP) is 3.47. The molecular weight excluding hydrogens is 425 g/mol. The van der Waals surface area contributed by atoms with Crippen molar-refractivity contribution in [3.63, 3.8) is 0 Å². The molecule has 2 aliphatic rings. The smallest absolute Gasteiger partial charge is 0.293 e. The Balaban J connectivity index is 1.92. The van der Waals surface area contributed by atoms with Gasteiger partial charge in [0.1, 0.15) is 5.82 Å². The maximum Gasteiger partial charge on any atom is 0.332 e. The van der Waals surface area contributed by atoms with Crippen molar-refractivity contribution in [1.82, 2.24) is 9.13 Å². The molecule has 0 fully saturated rings. The van der Waals surface area contributed by atoms with Crippen LogP contribution < -0.4 is 11.2 Å². The number of nitrogens with zero attached hydrogens (tertiary/aromatic N) is 3. The van der Waals surface area contributed by atoms with Gasteiger partial charge in [-0.3, -0.25) is 18.7 Å². The highest BCUT2D eigenvalue weighted by atomic mass is 35.5. The molecule has 6 nitrogen and oxygen atoms in total. The molecule has 0 unspecified atom stereocenters. The van der Waals surface area contributed by atoms with Crippen molar-refractivity contribution >= 4 is 40.5 Å². The monoisotopic (exact) mass is 439 g/mol. The Labute approximate surface area is 181 Å². The van der Waals surface area contributed by atoms with Crippen LogP contribution in [0.25, 0.3) is 0 Å². The molecule has 0 saturated heterocycles. The second-order valence-corrected chi connectivity index (χ2v) is 8.31. The van der Waals surface area contributed by atoms with E-state index in [1.54, 1.807) is 37.4 Å². The fourth-order valence-electron chi connectivity index (χ4n) is 4.46. The zero-order chi connectivity index (χ0) is 21.3. The van der Waals surface area contributed by atoms with Crippen LogP contribution in [0.1, 0.15) is 33.0 Å². The van der Waals surface area contributed by atoms with Crippen LogP contribution in [0.15, 0.2) is 57.0 Å². The second kappa shape index (κ2) is 6.52. The number of hydrogen-bond donors (Lipinski definition) is 0. The van der Waals surface area contributed by atoms with E-state index in [0.717, 1.165) is 4.57 Å². The molecule has 1 aliphatic carbocycles. The van der Waals surface area contributed by atoms with E-state index in [1.807, 2.05) is 12.1 Å². The van der Waals surface area contributed by atoms with Gasteiger partial charge in [-0.1, -0.05) is 53.5 Å². The van der Waals surface area contributed by atoms with Gasteiger partial charge in [-0.15, -0.1) is 0 Å². The third-order valence-corrected chi connectivity index (χ3v) is 6.44. The minimum absolute atomic E-state index is 0.123. The Bertz CT molecular complexity index is 1420. The van der Waals surface area contributed by atoms with Crippen molar-refractivity contribution < 1.29 is 4.79 Å². The zero-order valence-electron chi connectivity index (χ0n) is 16.0. The molecule has 0 N–H and O–H groups in total. The molecule has 1 aliphatic heterocycles. The summed E-state index contributed by atoms with van der Waals surface area (Å²) >= 11 is 12.6. The van der Waals surface area contributed by atoms with Gasteiger partial charge in [0.15, 0.2) is 5.78 Å². The van der Waals surface area contributed by atoms with Crippen LogP contribution in [0.5, 0.6) is 0 Å². The van der Waals surface area contributed by atoms with Crippen molar-refractivity contribution in [3.05, 3.63) is 95.6 Å². The van der Waals surface area contributed by atoms with E-state index in [9.17, 15) is 14.4 Å².